The molecule has 122 valence electrons. The van der Waals surface area contributed by atoms with E-state index in [1.54, 1.807) is 0 Å². The Morgan fingerprint density at radius 2 is 1.91 bits per heavy atom. The summed E-state index contributed by atoms with van der Waals surface area (Å²) in [5.41, 5.74) is -2.36. The van der Waals surface area contributed by atoms with Crippen molar-refractivity contribution in [2.45, 2.75) is 26.4 Å². The minimum atomic E-state index is -1.98. The molecule has 1 aliphatic rings. The van der Waals surface area contributed by atoms with Crippen LogP contribution in [0, 0.1) is 11.6 Å². The van der Waals surface area contributed by atoms with Gasteiger partial charge in [0.1, 0.15) is 11.6 Å². The third-order valence-corrected chi connectivity index (χ3v) is 3.13. The van der Waals surface area contributed by atoms with Crippen LogP contribution in [0.5, 0.6) is 0 Å². The molecule has 23 heavy (non-hydrogen) atoms. The third-order valence-electron chi connectivity index (χ3n) is 3.13. The first-order valence-corrected chi connectivity index (χ1v) is 6.54. The number of ketones is 1. The van der Waals surface area contributed by atoms with Gasteiger partial charge in [0, 0.05) is 19.4 Å². The van der Waals surface area contributed by atoms with Crippen molar-refractivity contribution < 1.29 is 32.6 Å². The van der Waals surface area contributed by atoms with E-state index in [4.69, 9.17) is 9.47 Å². The zero-order valence-corrected chi connectivity index (χ0v) is 12.5. The monoisotopic (exact) mass is 325 g/mol. The van der Waals surface area contributed by atoms with Crippen molar-refractivity contribution in [1.82, 2.24) is 5.32 Å². The largest absolute Gasteiger partial charge is 0.456 e. The Hall–Kier alpha value is -2.77. The van der Waals surface area contributed by atoms with Crippen LogP contribution in [0.3, 0.4) is 0 Å². The minimum Gasteiger partial charge on any atom is -0.456 e. The number of Topliss-reactive ketones (excluding diaryl/α,β-unsaturated/α-hetero) is 1. The summed E-state index contributed by atoms with van der Waals surface area (Å²) in [6.45, 7) is 3.38. The molecular formula is C15H13F2NO5. The highest BCUT2D eigenvalue weighted by Crippen LogP contribution is 2.39. The van der Waals surface area contributed by atoms with Crippen molar-refractivity contribution in [2.24, 2.45) is 0 Å². The normalized spacial score (nSPS) is 20.3. The summed E-state index contributed by atoms with van der Waals surface area (Å²) < 4.78 is 37.5. The van der Waals surface area contributed by atoms with Gasteiger partial charge in [-0.1, -0.05) is 0 Å². The van der Waals surface area contributed by atoms with Crippen LogP contribution < -0.4 is 5.32 Å². The van der Waals surface area contributed by atoms with E-state index in [1.807, 2.05) is 0 Å². The first-order chi connectivity index (χ1) is 10.6. The summed E-state index contributed by atoms with van der Waals surface area (Å²) in [4.78, 5) is 34.8. The van der Waals surface area contributed by atoms with Crippen molar-refractivity contribution in [2.75, 3.05) is 0 Å². The fraction of sp³-hybridized carbons (Fsp3) is 0.267. The maximum absolute atomic E-state index is 14.0. The first kappa shape index (κ1) is 16.6. The molecule has 0 saturated carbocycles. The molecule has 0 aliphatic carbocycles. The number of carbonyl (C=O) groups excluding carboxylic acids is 3. The molecule has 1 aromatic rings. The van der Waals surface area contributed by atoms with Crippen LogP contribution in [0.15, 0.2) is 29.8 Å². The number of carbonyl (C=O) groups is 3. The smallest absolute Gasteiger partial charge is 0.308 e. The molecule has 2 rings (SSSR count). The lowest BCUT2D eigenvalue weighted by Crippen LogP contribution is -2.33. The van der Waals surface area contributed by atoms with Gasteiger partial charge in [-0.05, 0) is 25.1 Å². The molecule has 0 fully saturated rings. The number of rotatable bonds is 3. The second-order valence-corrected chi connectivity index (χ2v) is 5.02. The summed E-state index contributed by atoms with van der Waals surface area (Å²) in [5, 5.41) is 2.19. The van der Waals surface area contributed by atoms with Crippen molar-refractivity contribution in [3.05, 3.63) is 47.0 Å². The molecule has 1 heterocycles. The van der Waals surface area contributed by atoms with E-state index >= 15 is 0 Å². The number of hydrogen-bond donors (Lipinski definition) is 1. The molecule has 1 amide bonds. The molecule has 1 unspecified atom stereocenters. The highest BCUT2D eigenvalue weighted by Gasteiger charge is 2.51. The van der Waals surface area contributed by atoms with Crippen molar-refractivity contribution >= 4 is 17.7 Å². The lowest BCUT2D eigenvalue weighted by Gasteiger charge is -2.24. The number of amides is 1. The predicted molar refractivity (Wildman–Crippen MR) is 72.4 cm³/mol. The average Bonchev–Trinajstić information content (AvgIpc) is 2.66. The molecule has 0 aromatic heterocycles. The lowest BCUT2D eigenvalue weighted by atomic mass is 9.91. The molecule has 6 nitrogen and oxygen atoms in total. The third kappa shape index (κ3) is 3.05. The van der Waals surface area contributed by atoms with E-state index < -0.39 is 46.5 Å². The first-order valence-electron chi connectivity index (χ1n) is 6.54. The van der Waals surface area contributed by atoms with Gasteiger partial charge in [0.25, 0.3) is 5.78 Å². The van der Waals surface area contributed by atoms with Crippen molar-refractivity contribution in [3.63, 3.8) is 0 Å². The van der Waals surface area contributed by atoms with Crippen LogP contribution in [0.4, 0.5) is 8.78 Å². The molecule has 0 radical (unpaired) electrons. The van der Waals surface area contributed by atoms with Crippen LogP contribution in [0.1, 0.15) is 26.3 Å². The predicted octanol–water partition coefficient (Wildman–Crippen LogP) is 1.65. The van der Waals surface area contributed by atoms with Crippen LogP contribution in [-0.2, 0) is 29.5 Å². The number of halogens is 2. The highest BCUT2D eigenvalue weighted by atomic mass is 19.1. The number of esters is 1. The fourth-order valence-corrected chi connectivity index (χ4v) is 2.14. The standard InChI is InChI=1S/C15H13F2NO5/c1-7(19)18-14-12(22-8(2)20)13(21)15(3,23-14)10-6-9(16)4-5-11(10)17/h4-6H,1-3H3,(H,18,19). The Bertz CT molecular complexity index is 743. The van der Waals surface area contributed by atoms with E-state index in [9.17, 15) is 23.2 Å². The van der Waals surface area contributed by atoms with Crippen molar-refractivity contribution in [3.8, 4) is 0 Å². The van der Waals surface area contributed by atoms with Gasteiger partial charge in [-0.25, -0.2) is 8.78 Å². The second-order valence-electron chi connectivity index (χ2n) is 5.02. The van der Waals surface area contributed by atoms with Crippen LogP contribution in [-0.4, -0.2) is 17.7 Å². The Balaban J connectivity index is 2.51. The van der Waals surface area contributed by atoms with Crippen LogP contribution in [0.25, 0.3) is 0 Å². The molecule has 1 aromatic carbocycles. The SMILES string of the molecule is CC(=O)NC1=C(OC(C)=O)C(=O)C(C)(c2cc(F)ccc2F)O1. The lowest BCUT2D eigenvalue weighted by molar-refractivity contribution is -0.142. The summed E-state index contributed by atoms with van der Waals surface area (Å²) in [5.74, 6) is -5.00. The fourth-order valence-electron chi connectivity index (χ4n) is 2.14. The maximum Gasteiger partial charge on any atom is 0.308 e. The van der Waals surface area contributed by atoms with Gasteiger partial charge in [-0.15, -0.1) is 0 Å². The molecule has 0 bridgehead atoms. The molecular weight excluding hydrogens is 312 g/mol. The van der Waals surface area contributed by atoms with E-state index in [1.165, 1.54) is 6.92 Å². The Kier molecular flexibility index (Phi) is 4.18. The molecule has 0 spiro atoms. The molecule has 8 heteroatoms. The van der Waals surface area contributed by atoms with Crippen LogP contribution in [0.2, 0.25) is 0 Å². The number of nitrogens with one attached hydrogen (secondary N) is 1. The summed E-state index contributed by atoms with van der Waals surface area (Å²) in [7, 11) is 0. The van der Waals surface area contributed by atoms with E-state index in [2.05, 4.69) is 5.32 Å². The number of benzene rings is 1. The minimum absolute atomic E-state index is 0.382. The average molecular weight is 325 g/mol. The number of ether oxygens (including phenoxy) is 2. The van der Waals surface area contributed by atoms with Gasteiger partial charge in [0.05, 0.1) is 0 Å². The zero-order valence-electron chi connectivity index (χ0n) is 12.5. The quantitative estimate of drug-likeness (QED) is 0.855. The Morgan fingerprint density at radius 3 is 2.48 bits per heavy atom. The zero-order chi connectivity index (χ0) is 17.4. The molecule has 1 aliphatic heterocycles. The van der Waals surface area contributed by atoms with Gasteiger partial charge in [0.15, 0.2) is 0 Å². The number of hydrogen-bond acceptors (Lipinski definition) is 5. The summed E-state index contributed by atoms with van der Waals surface area (Å²) in [6.07, 6.45) is 0. The van der Waals surface area contributed by atoms with Crippen molar-refractivity contribution in [1.29, 1.82) is 0 Å². The Morgan fingerprint density at radius 1 is 1.26 bits per heavy atom. The van der Waals surface area contributed by atoms with Gasteiger partial charge >= 0.3 is 5.97 Å². The van der Waals surface area contributed by atoms with Gasteiger partial charge in [-0.3, -0.25) is 19.7 Å². The highest BCUT2D eigenvalue weighted by molar-refractivity contribution is 6.04. The summed E-state index contributed by atoms with van der Waals surface area (Å²) in [6, 6.07) is 2.53. The van der Waals surface area contributed by atoms with E-state index in [0.29, 0.717) is 0 Å². The molecule has 1 N–H and O–H groups in total. The van der Waals surface area contributed by atoms with Gasteiger partial charge in [0.2, 0.25) is 23.2 Å². The van der Waals surface area contributed by atoms with E-state index in [0.717, 1.165) is 32.0 Å². The summed E-state index contributed by atoms with van der Waals surface area (Å²) >= 11 is 0. The molecule has 1 atom stereocenters. The Labute approximate surface area is 130 Å². The van der Waals surface area contributed by atoms with Crippen LogP contribution >= 0.6 is 0 Å². The van der Waals surface area contributed by atoms with Gasteiger partial charge < -0.3 is 9.47 Å². The second kappa shape index (κ2) is 5.79. The van der Waals surface area contributed by atoms with E-state index in [-0.39, 0.29) is 5.56 Å². The maximum atomic E-state index is 14.0. The van der Waals surface area contributed by atoms with Gasteiger partial charge in [-0.2, -0.15) is 0 Å². The molecule has 0 saturated heterocycles. The topological polar surface area (TPSA) is 81.7 Å².